The molecule has 1 N–H and O–H groups in total. The molecular formula is C19H26Cl2N2O2. The van der Waals surface area contributed by atoms with Gasteiger partial charge in [-0.1, -0.05) is 44.0 Å². The number of halogens is 2. The number of rotatable bonds is 4. The van der Waals surface area contributed by atoms with Crippen LogP contribution in [0.3, 0.4) is 0 Å². The van der Waals surface area contributed by atoms with Gasteiger partial charge in [0.25, 0.3) is 5.91 Å². The highest BCUT2D eigenvalue weighted by Gasteiger charge is 2.28. The normalized spacial score (nSPS) is 19.3. The maximum atomic E-state index is 12.2. The van der Waals surface area contributed by atoms with Gasteiger partial charge in [-0.05, 0) is 62.1 Å². The van der Waals surface area contributed by atoms with Gasteiger partial charge in [-0.3, -0.25) is 4.79 Å². The first-order valence-electron chi connectivity index (χ1n) is 8.64. The second kappa shape index (κ2) is 8.41. The van der Waals surface area contributed by atoms with E-state index >= 15 is 0 Å². The summed E-state index contributed by atoms with van der Waals surface area (Å²) in [7, 11) is 0. The van der Waals surface area contributed by atoms with Crippen molar-refractivity contribution in [3.05, 3.63) is 28.2 Å². The van der Waals surface area contributed by atoms with Gasteiger partial charge in [0.15, 0.2) is 6.10 Å². The van der Waals surface area contributed by atoms with E-state index in [2.05, 4.69) is 31.3 Å². The van der Waals surface area contributed by atoms with Crippen LogP contribution in [0.2, 0.25) is 10.0 Å². The summed E-state index contributed by atoms with van der Waals surface area (Å²) in [4.78, 5) is 12.2. The fourth-order valence-corrected chi connectivity index (χ4v) is 3.42. The van der Waals surface area contributed by atoms with Crippen LogP contribution >= 0.6 is 23.2 Å². The Hall–Kier alpha value is -1.26. The Bertz CT molecular complexity index is 643. The standard InChI is InChI=1S/C19H26Cl2N2O2/c1-12(25-17-10-7-14(20)11-16(17)21)18(24)23-22-15-8-5-13(6-9-15)19(2,3)4/h7,10-13H,5-6,8-9H2,1-4H3,(H,23,24). The number of nitrogens with one attached hydrogen (secondary N) is 1. The van der Waals surface area contributed by atoms with Crippen LogP contribution in [0.25, 0.3) is 0 Å². The summed E-state index contributed by atoms with van der Waals surface area (Å²) in [6, 6.07) is 4.90. The largest absolute Gasteiger partial charge is 0.479 e. The lowest BCUT2D eigenvalue weighted by Gasteiger charge is -2.34. The molecule has 1 aliphatic carbocycles. The Morgan fingerprint density at radius 3 is 2.48 bits per heavy atom. The van der Waals surface area contributed by atoms with Crippen molar-refractivity contribution < 1.29 is 9.53 Å². The Kier molecular flexibility index (Phi) is 6.75. The molecule has 138 valence electrons. The lowest BCUT2D eigenvalue weighted by atomic mass is 9.72. The molecule has 2 rings (SSSR count). The van der Waals surface area contributed by atoms with Crippen LogP contribution in [-0.4, -0.2) is 17.7 Å². The van der Waals surface area contributed by atoms with Crippen LogP contribution in [0.15, 0.2) is 23.3 Å². The van der Waals surface area contributed by atoms with Crippen molar-refractivity contribution in [3.8, 4) is 5.75 Å². The predicted octanol–water partition coefficient (Wildman–Crippen LogP) is 5.47. The van der Waals surface area contributed by atoms with Crippen LogP contribution in [0, 0.1) is 11.3 Å². The lowest BCUT2D eigenvalue weighted by molar-refractivity contribution is -0.127. The molecule has 4 nitrogen and oxygen atoms in total. The second-order valence-electron chi connectivity index (χ2n) is 7.63. The summed E-state index contributed by atoms with van der Waals surface area (Å²) in [6.45, 7) is 8.50. The molecule has 1 aromatic rings. The molecule has 0 bridgehead atoms. The first kappa shape index (κ1) is 20.1. The monoisotopic (exact) mass is 384 g/mol. The summed E-state index contributed by atoms with van der Waals surface area (Å²) >= 11 is 11.9. The molecule has 1 atom stereocenters. The molecule has 6 heteroatoms. The smallest absolute Gasteiger partial charge is 0.280 e. The van der Waals surface area contributed by atoms with Gasteiger partial charge in [0.1, 0.15) is 5.75 Å². The quantitative estimate of drug-likeness (QED) is 0.699. The maximum Gasteiger partial charge on any atom is 0.280 e. The van der Waals surface area contributed by atoms with Gasteiger partial charge in [-0.25, -0.2) is 5.43 Å². The number of hydrogen-bond acceptors (Lipinski definition) is 3. The molecule has 0 saturated heterocycles. The Morgan fingerprint density at radius 2 is 1.92 bits per heavy atom. The van der Waals surface area contributed by atoms with E-state index in [4.69, 9.17) is 27.9 Å². The van der Waals surface area contributed by atoms with E-state index in [0.717, 1.165) is 31.4 Å². The third-order valence-corrected chi connectivity index (χ3v) is 5.21. The summed E-state index contributed by atoms with van der Waals surface area (Å²) in [6.07, 6.45) is 3.39. The molecule has 1 aliphatic rings. The third kappa shape index (κ3) is 5.89. The van der Waals surface area contributed by atoms with Gasteiger partial charge in [0.2, 0.25) is 0 Å². The van der Waals surface area contributed by atoms with Crippen molar-refractivity contribution in [2.75, 3.05) is 0 Å². The summed E-state index contributed by atoms with van der Waals surface area (Å²) in [5.74, 6) is 0.833. The molecule has 0 spiro atoms. The van der Waals surface area contributed by atoms with Gasteiger partial charge in [-0.15, -0.1) is 0 Å². The van der Waals surface area contributed by atoms with E-state index in [1.54, 1.807) is 25.1 Å². The van der Waals surface area contributed by atoms with E-state index in [-0.39, 0.29) is 5.91 Å². The first-order chi connectivity index (χ1) is 11.7. The summed E-state index contributed by atoms with van der Waals surface area (Å²) in [5, 5.41) is 5.18. The van der Waals surface area contributed by atoms with Gasteiger partial charge in [-0.2, -0.15) is 5.10 Å². The van der Waals surface area contributed by atoms with Crippen molar-refractivity contribution in [1.29, 1.82) is 0 Å². The number of amides is 1. The molecule has 1 amide bonds. The Balaban J connectivity index is 1.85. The Morgan fingerprint density at radius 1 is 1.28 bits per heavy atom. The van der Waals surface area contributed by atoms with Crippen LogP contribution in [-0.2, 0) is 4.79 Å². The summed E-state index contributed by atoms with van der Waals surface area (Å²) < 4.78 is 5.59. The van der Waals surface area contributed by atoms with E-state index in [9.17, 15) is 4.79 Å². The number of ether oxygens (including phenoxy) is 1. The fraction of sp³-hybridized carbons (Fsp3) is 0.579. The van der Waals surface area contributed by atoms with Crippen LogP contribution in [0.4, 0.5) is 0 Å². The SMILES string of the molecule is CC(Oc1ccc(Cl)cc1Cl)C(=O)NN=C1CCC(C(C)(C)C)CC1. The minimum atomic E-state index is -0.700. The van der Waals surface area contributed by atoms with Crippen molar-refractivity contribution >= 4 is 34.8 Å². The average Bonchev–Trinajstić information content (AvgIpc) is 2.54. The van der Waals surface area contributed by atoms with Crippen LogP contribution < -0.4 is 10.2 Å². The topological polar surface area (TPSA) is 50.7 Å². The first-order valence-corrected chi connectivity index (χ1v) is 9.39. The third-order valence-electron chi connectivity index (χ3n) is 4.68. The molecule has 0 radical (unpaired) electrons. The number of hydrazone groups is 1. The Labute approximate surface area is 159 Å². The number of carbonyl (C=O) groups excluding carboxylic acids is 1. The van der Waals surface area contributed by atoms with E-state index in [1.807, 2.05) is 0 Å². The van der Waals surface area contributed by atoms with Crippen LogP contribution in [0.5, 0.6) is 5.75 Å². The van der Waals surface area contributed by atoms with Gasteiger partial charge < -0.3 is 4.74 Å². The highest BCUT2D eigenvalue weighted by Crippen LogP contribution is 2.36. The molecular weight excluding hydrogens is 359 g/mol. The summed E-state index contributed by atoms with van der Waals surface area (Å²) in [5.41, 5.74) is 3.99. The molecule has 1 fully saturated rings. The van der Waals surface area contributed by atoms with Crippen LogP contribution in [0.1, 0.15) is 53.4 Å². The van der Waals surface area contributed by atoms with E-state index in [1.165, 1.54) is 0 Å². The fourth-order valence-electron chi connectivity index (χ4n) is 2.97. The molecule has 1 unspecified atom stereocenters. The number of benzene rings is 1. The van der Waals surface area contributed by atoms with Crippen molar-refractivity contribution in [2.24, 2.45) is 16.4 Å². The lowest BCUT2D eigenvalue weighted by Crippen LogP contribution is -2.34. The van der Waals surface area contributed by atoms with E-state index < -0.39 is 6.10 Å². The number of hydrogen-bond donors (Lipinski definition) is 1. The number of nitrogens with zero attached hydrogens (tertiary/aromatic N) is 1. The second-order valence-corrected chi connectivity index (χ2v) is 8.47. The van der Waals surface area contributed by atoms with Crippen molar-refractivity contribution in [3.63, 3.8) is 0 Å². The zero-order valence-corrected chi connectivity index (χ0v) is 16.7. The average molecular weight is 385 g/mol. The van der Waals surface area contributed by atoms with Gasteiger partial charge in [0.05, 0.1) is 5.02 Å². The molecule has 1 aromatic carbocycles. The molecule has 1 saturated carbocycles. The predicted molar refractivity (Wildman–Crippen MR) is 104 cm³/mol. The van der Waals surface area contributed by atoms with Gasteiger partial charge >= 0.3 is 0 Å². The minimum absolute atomic E-state index is 0.295. The molecule has 0 aliphatic heterocycles. The van der Waals surface area contributed by atoms with Gasteiger partial charge in [0, 0.05) is 10.7 Å². The maximum absolute atomic E-state index is 12.2. The zero-order valence-electron chi connectivity index (χ0n) is 15.2. The van der Waals surface area contributed by atoms with Crippen molar-refractivity contribution in [2.45, 2.75) is 59.5 Å². The zero-order chi connectivity index (χ0) is 18.6. The molecule has 25 heavy (non-hydrogen) atoms. The van der Waals surface area contributed by atoms with E-state index in [0.29, 0.717) is 27.1 Å². The molecule has 0 heterocycles. The highest BCUT2D eigenvalue weighted by molar-refractivity contribution is 6.35. The van der Waals surface area contributed by atoms with Crippen molar-refractivity contribution in [1.82, 2.24) is 5.43 Å². The minimum Gasteiger partial charge on any atom is -0.479 e. The number of carbonyl (C=O) groups is 1. The highest BCUT2D eigenvalue weighted by atomic mass is 35.5. The molecule has 0 aromatic heterocycles.